The number of carbonyl (C=O) groups is 2. The lowest BCUT2D eigenvalue weighted by molar-refractivity contribution is 0.0938. The number of nitrogens with zero attached hydrogens (tertiary/aromatic N) is 1. The van der Waals surface area contributed by atoms with E-state index in [0.717, 1.165) is 0 Å². The number of allylic oxidation sites excluding steroid dienone is 2. The standard InChI is InChI=1S/C17H8ClNO3/c1-2-10-5-3-6-11(9-10)22-17-13(18)15(20)12-7-4-8-19-14(12)16(17)21/h1,3-9H. The summed E-state index contributed by atoms with van der Waals surface area (Å²) in [5, 5.41) is -0.267. The molecule has 4 nitrogen and oxygen atoms in total. The number of hydrogen-bond donors (Lipinski definition) is 0. The Labute approximate surface area is 131 Å². The van der Waals surface area contributed by atoms with E-state index in [1.807, 2.05) is 0 Å². The number of carbonyl (C=O) groups excluding carboxylic acids is 2. The van der Waals surface area contributed by atoms with Gasteiger partial charge in [-0.3, -0.25) is 14.6 Å². The molecule has 1 aliphatic rings. The maximum atomic E-state index is 12.4. The second-order valence-corrected chi connectivity index (χ2v) is 4.85. The van der Waals surface area contributed by atoms with E-state index >= 15 is 0 Å². The van der Waals surface area contributed by atoms with Gasteiger partial charge in [-0.2, -0.15) is 0 Å². The zero-order valence-corrected chi connectivity index (χ0v) is 11.9. The molecule has 2 aromatic rings. The van der Waals surface area contributed by atoms with Crippen molar-refractivity contribution in [3.63, 3.8) is 0 Å². The molecule has 0 radical (unpaired) electrons. The average Bonchev–Trinajstić information content (AvgIpc) is 2.57. The van der Waals surface area contributed by atoms with Crippen LogP contribution < -0.4 is 4.74 Å². The number of hydrogen-bond acceptors (Lipinski definition) is 4. The Bertz CT molecular complexity index is 877. The number of fused-ring (bicyclic) bond motifs is 1. The molecule has 0 unspecified atom stereocenters. The molecule has 0 amide bonds. The highest BCUT2D eigenvalue weighted by Gasteiger charge is 2.34. The molecule has 0 atom stereocenters. The zero-order chi connectivity index (χ0) is 15.7. The van der Waals surface area contributed by atoms with Gasteiger partial charge < -0.3 is 4.74 Å². The van der Waals surface area contributed by atoms with Gasteiger partial charge in [0, 0.05) is 11.8 Å². The van der Waals surface area contributed by atoms with Gasteiger partial charge in [-0.1, -0.05) is 23.6 Å². The highest BCUT2D eigenvalue weighted by molar-refractivity contribution is 6.49. The van der Waals surface area contributed by atoms with Crippen LogP contribution in [0.15, 0.2) is 53.4 Å². The SMILES string of the molecule is C#Cc1cccc(OC2=C(Cl)C(=O)c3cccnc3C2=O)c1. The Morgan fingerprint density at radius 3 is 2.73 bits per heavy atom. The Hall–Kier alpha value is -2.90. The summed E-state index contributed by atoms with van der Waals surface area (Å²) in [6.45, 7) is 0. The van der Waals surface area contributed by atoms with E-state index in [9.17, 15) is 9.59 Å². The number of pyridine rings is 1. The van der Waals surface area contributed by atoms with Crippen LogP contribution in [0.4, 0.5) is 0 Å². The van der Waals surface area contributed by atoms with Crippen molar-refractivity contribution in [3.8, 4) is 18.1 Å². The van der Waals surface area contributed by atoms with E-state index < -0.39 is 11.6 Å². The molecular weight excluding hydrogens is 302 g/mol. The van der Waals surface area contributed by atoms with Gasteiger partial charge in [-0.05, 0) is 30.3 Å². The van der Waals surface area contributed by atoms with E-state index in [1.165, 1.54) is 12.3 Å². The zero-order valence-electron chi connectivity index (χ0n) is 11.2. The molecule has 1 aromatic carbocycles. The Morgan fingerprint density at radius 2 is 1.95 bits per heavy atom. The van der Waals surface area contributed by atoms with Gasteiger partial charge in [0.25, 0.3) is 0 Å². The van der Waals surface area contributed by atoms with Gasteiger partial charge in [-0.15, -0.1) is 6.42 Å². The first-order chi connectivity index (χ1) is 10.6. The fourth-order valence-electron chi connectivity index (χ4n) is 2.06. The molecule has 0 spiro atoms. The minimum atomic E-state index is -0.536. The lowest BCUT2D eigenvalue weighted by Gasteiger charge is -2.17. The van der Waals surface area contributed by atoms with E-state index in [0.29, 0.717) is 11.3 Å². The van der Waals surface area contributed by atoms with E-state index in [1.54, 1.807) is 30.3 Å². The normalized spacial score (nSPS) is 13.6. The summed E-state index contributed by atoms with van der Waals surface area (Å²) in [6, 6.07) is 9.65. The summed E-state index contributed by atoms with van der Waals surface area (Å²) < 4.78 is 5.49. The molecule has 106 valence electrons. The summed E-state index contributed by atoms with van der Waals surface area (Å²) in [7, 11) is 0. The van der Waals surface area contributed by atoms with Gasteiger partial charge in [0.05, 0.1) is 5.56 Å². The van der Waals surface area contributed by atoms with Crippen molar-refractivity contribution in [2.24, 2.45) is 0 Å². The molecule has 3 rings (SSSR count). The summed E-state index contributed by atoms with van der Waals surface area (Å²) >= 11 is 6.00. The summed E-state index contributed by atoms with van der Waals surface area (Å²) in [5.74, 6) is 1.51. The van der Waals surface area contributed by atoms with Crippen molar-refractivity contribution >= 4 is 23.2 Å². The Morgan fingerprint density at radius 1 is 1.14 bits per heavy atom. The van der Waals surface area contributed by atoms with Crippen molar-refractivity contribution in [2.45, 2.75) is 0 Å². The van der Waals surface area contributed by atoms with Gasteiger partial charge >= 0.3 is 0 Å². The molecule has 0 aliphatic heterocycles. The second kappa shape index (κ2) is 5.47. The monoisotopic (exact) mass is 309 g/mol. The summed E-state index contributed by atoms with van der Waals surface area (Å²) in [4.78, 5) is 28.5. The van der Waals surface area contributed by atoms with Crippen LogP contribution in [0.3, 0.4) is 0 Å². The predicted octanol–water partition coefficient (Wildman–Crippen LogP) is 2.97. The first-order valence-corrected chi connectivity index (χ1v) is 6.68. The number of ketones is 2. The first-order valence-electron chi connectivity index (χ1n) is 6.30. The highest BCUT2D eigenvalue weighted by Crippen LogP contribution is 2.29. The molecule has 1 aromatic heterocycles. The molecule has 0 fully saturated rings. The number of benzene rings is 1. The molecule has 5 heteroatoms. The molecule has 22 heavy (non-hydrogen) atoms. The molecule has 0 bridgehead atoms. The van der Waals surface area contributed by atoms with Crippen LogP contribution in [0.1, 0.15) is 26.4 Å². The van der Waals surface area contributed by atoms with Crippen LogP contribution in [-0.2, 0) is 0 Å². The van der Waals surface area contributed by atoms with Crippen LogP contribution in [0.25, 0.3) is 0 Å². The van der Waals surface area contributed by atoms with E-state index in [2.05, 4.69) is 10.9 Å². The fraction of sp³-hybridized carbons (Fsp3) is 0. The van der Waals surface area contributed by atoms with Crippen molar-refractivity contribution in [3.05, 3.63) is 70.2 Å². The minimum Gasteiger partial charge on any atom is -0.451 e. The quantitative estimate of drug-likeness (QED) is 0.800. The third-order valence-corrected chi connectivity index (χ3v) is 3.44. The smallest absolute Gasteiger partial charge is 0.248 e. The van der Waals surface area contributed by atoms with Crippen LogP contribution >= 0.6 is 11.6 Å². The average molecular weight is 310 g/mol. The van der Waals surface area contributed by atoms with Gasteiger partial charge in [-0.25, -0.2) is 0 Å². The summed E-state index contributed by atoms with van der Waals surface area (Å²) in [5.41, 5.74) is 0.782. The van der Waals surface area contributed by atoms with Gasteiger partial charge in [0.2, 0.25) is 11.6 Å². The van der Waals surface area contributed by atoms with Crippen molar-refractivity contribution in [1.29, 1.82) is 0 Å². The Kier molecular flexibility index (Phi) is 3.50. The lowest BCUT2D eigenvalue weighted by atomic mass is 9.98. The third-order valence-electron chi connectivity index (χ3n) is 3.09. The van der Waals surface area contributed by atoms with E-state index in [-0.39, 0.29) is 22.0 Å². The van der Waals surface area contributed by atoms with E-state index in [4.69, 9.17) is 22.8 Å². The van der Waals surface area contributed by atoms with Crippen LogP contribution in [0.2, 0.25) is 0 Å². The molecule has 1 aliphatic carbocycles. The Balaban J connectivity index is 2.04. The molecule has 0 saturated heterocycles. The maximum Gasteiger partial charge on any atom is 0.248 e. The summed E-state index contributed by atoms with van der Waals surface area (Å²) in [6.07, 6.45) is 6.75. The predicted molar refractivity (Wildman–Crippen MR) is 80.8 cm³/mol. The number of terminal acetylenes is 1. The van der Waals surface area contributed by atoms with Gasteiger partial charge in [0.1, 0.15) is 16.5 Å². The second-order valence-electron chi connectivity index (χ2n) is 4.48. The number of Topliss-reactive ketones (excluding diaryl/α,β-unsaturated/α-hetero) is 2. The van der Waals surface area contributed by atoms with Crippen molar-refractivity contribution in [1.82, 2.24) is 4.98 Å². The van der Waals surface area contributed by atoms with Crippen LogP contribution in [0.5, 0.6) is 5.75 Å². The number of aromatic nitrogens is 1. The van der Waals surface area contributed by atoms with Crippen LogP contribution in [-0.4, -0.2) is 16.6 Å². The topological polar surface area (TPSA) is 56.3 Å². The first kappa shape index (κ1) is 14.1. The highest BCUT2D eigenvalue weighted by atomic mass is 35.5. The van der Waals surface area contributed by atoms with Crippen LogP contribution in [0, 0.1) is 12.3 Å². The maximum absolute atomic E-state index is 12.4. The molecule has 0 saturated carbocycles. The number of halogens is 1. The number of rotatable bonds is 2. The molecule has 1 heterocycles. The largest absolute Gasteiger partial charge is 0.451 e. The van der Waals surface area contributed by atoms with Crippen molar-refractivity contribution < 1.29 is 14.3 Å². The molecule has 0 N–H and O–H groups in total. The molecular formula is C17H8ClNO3. The van der Waals surface area contributed by atoms with Crippen molar-refractivity contribution in [2.75, 3.05) is 0 Å². The minimum absolute atomic E-state index is 0.0278. The number of ether oxygens (including phenoxy) is 1. The van der Waals surface area contributed by atoms with Gasteiger partial charge in [0.15, 0.2) is 5.76 Å². The lowest BCUT2D eigenvalue weighted by Crippen LogP contribution is -2.24. The fourth-order valence-corrected chi connectivity index (χ4v) is 2.28. The third kappa shape index (κ3) is 2.28.